The number of aromatic amines is 1. The van der Waals surface area contributed by atoms with Gasteiger partial charge in [0, 0.05) is 19.4 Å². The van der Waals surface area contributed by atoms with E-state index in [1.807, 2.05) is 0 Å². The molecule has 0 bridgehead atoms. The smallest absolute Gasteiger partial charge is 0.388 e. The van der Waals surface area contributed by atoms with Crippen molar-refractivity contribution in [3.63, 3.8) is 0 Å². The number of H-pyrrole nitrogens is 1. The topological polar surface area (TPSA) is 261 Å². The zero-order valence-corrected chi connectivity index (χ0v) is 18.8. The van der Waals surface area contributed by atoms with Crippen molar-refractivity contribution in [1.82, 2.24) is 24.8 Å². The lowest BCUT2D eigenvalue weighted by atomic mass is 9.93. The van der Waals surface area contributed by atoms with Crippen LogP contribution >= 0.6 is 15.6 Å². The first-order valence-corrected chi connectivity index (χ1v) is 12.3. The van der Waals surface area contributed by atoms with Gasteiger partial charge in [-0.05, 0) is 6.42 Å². The number of phosphoric acid groups is 2. The number of aliphatic hydroxyl groups excluding tert-OH is 1. The van der Waals surface area contributed by atoms with E-state index in [0.717, 1.165) is 0 Å². The third-order valence-electron chi connectivity index (χ3n) is 4.84. The highest BCUT2D eigenvalue weighted by molar-refractivity contribution is 7.60. The summed E-state index contributed by atoms with van der Waals surface area (Å²) in [4.78, 5) is 60.9. The van der Waals surface area contributed by atoms with Crippen LogP contribution < -0.4 is 16.6 Å². The molecule has 17 nitrogen and oxygen atoms in total. The number of hydrogen-bond donors (Lipinski definition) is 7. The van der Waals surface area contributed by atoms with Gasteiger partial charge in [-0.2, -0.15) is 9.29 Å². The number of carbonyl (C=O) groups excluding carboxylic acids is 1. The van der Waals surface area contributed by atoms with Gasteiger partial charge in [-0.15, -0.1) is 0 Å². The molecule has 3 heterocycles. The van der Waals surface area contributed by atoms with Crippen molar-refractivity contribution >= 4 is 38.7 Å². The summed E-state index contributed by atoms with van der Waals surface area (Å²) in [6.45, 7) is -0.734. The number of imidazole rings is 1. The fourth-order valence-electron chi connectivity index (χ4n) is 3.42. The Balaban J connectivity index is 1.87. The predicted molar refractivity (Wildman–Crippen MR) is 108 cm³/mol. The molecule has 33 heavy (non-hydrogen) atoms. The maximum atomic E-state index is 12.0. The number of rotatable bonds is 9. The van der Waals surface area contributed by atoms with Crippen molar-refractivity contribution in [2.45, 2.75) is 31.3 Å². The van der Waals surface area contributed by atoms with Crippen molar-refractivity contribution in [3.8, 4) is 0 Å². The number of nitrogen functional groups attached to an aromatic ring is 1. The number of nitrogens with two attached hydrogens (primary N) is 1. The molecule has 5 atom stereocenters. The second-order valence-electron chi connectivity index (χ2n) is 7.04. The molecule has 19 heteroatoms. The monoisotopic (exact) mass is 512 g/mol. The molecular weight excluding hydrogens is 490 g/mol. The molecular formula is C14H22N6O11P2. The van der Waals surface area contributed by atoms with Crippen LogP contribution in [0.2, 0.25) is 0 Å². The molecule has 0 aromatic carbocycles. The maximum Gasteiger partial charge on any atom is 0.481 e. The third kappa shape index (κ3) is 6.03. The summed E-state index contributed by atoms with van der Waals surface area (Å²) >= 11 is 0. The number of ether oxygens (including phenoxy) is 1. The molecule has 0 spiro atoms. The molecule has 1 aliphatic heterocycles. The number of hydrogen-bond acceptors (Lipinski definition) is 11. The van der Waals surface area contributed by atoms with Gasteiger partial charge in [-0.1, -0.05) is 0 Å². The summed E-state index contributed by atoms with van der Waals surface area (Å²) in [6.07, 6.45) is -2.50. The number of nitrogens with one attached hydrogen (secondary N) is 2. The number of anilines is 1. The number of amides is 1. The van der Waals surface area contributed by atoms with E-state index in [2.05, 4.69) is 29.1 Å². The van der Waals surface area contributed by atoms with Crippen LogP contribution in [0.4, 0.5) is 5.95 Å². The normalized spacial score (nSPS) is 25.2. The molecule has 0 radical (unpaired) electrons. The molecule has 1 amide bonds. The Morgan fingerprint density at radius 2 is 2.09 bits per heavy atom. The third-order valence-corrected chi connectivity index (χ3v) is 6.99. The quantitative estimate of drug-likeness (QED) is 0.185. The van der Waals surface area contributed by atoms with Crippen molar-refractivity contribution in [2.24, 2.45) is 5.92 Å². The average Bonchev–Trinajstić information content (AvgIpc) is 3.23. The van der Waals surface area contributed by atoms with Crippen LogP contribution in [-0.2, 0) is 27.5 Å². The van der Waals surface area contributed by atoms with Crippen LogP contribution in [0.1, 0.15) is 19.1 Å². The molecule has 0 saturated carbocycles. The fraction of sp³-hybridized carbons (Fsp3) is 0.571. The Morgan fingerprint density at radius 1 is 1.39 bits per heavy atom. The first-order valence-electron chi connectivity index (χ1n) is 9.32. The lowest BCUT2D eigenvalue weighted by Gasteiger charge is -2.21. The van der Waals surface area contributed by atoms with E-state index in [4.69, 9.17) is 20.3 Å². The van der Waals surface area contributed by atoms with Crippen LogP contribution in [-0.4, -0.2) is 71.1 Å². The van der Waals surface area contributed by atoms with Crippen LogP contribution in [0.25, 0.3) is 11.2 Å². The van der Waals surface area contributed by atoms with Crippen molar-refractivity contribution < 1.29 is 47.3 Å². The number of nitrogens with zero attached hydrogens (tertiary/aromatic N) is 3. The van der Waals surface area contributed by atoms with E-state index in [1.54, 1.807) is 0 Å². The van der Waals surface area contributed by atoms with Gasteiger partial charge in [0.2, 0.25) is 11.9 Å². The first-order chi connectivity index (χ1) is 15.3. The van der Waals surface area contributed by atoms with Gasteiger partial charge in [0.15, 0.2) is 17.4 Å². The number of fused-ring (bicyclic) bond motifs is 1. The van der Waals surface area contributed by atoms with Crippen LogP contribution in [0, 0.1) is 5.92 Å². The standard InChI is InChI=1S/C14H22N6O11P2/c1-16-8(21)3-2-6-7(4-29-33(27,28)31-32(24,25)26)30-13(10(6)22)20-5-17-9-11(20)18-14(15)19-12(9)23/h5-7,10,13,22H,2-4H2,1H3,(H,16,21)(H,27,28)(H2,24,25,26)(H3,15,18,19,23)/t6-,7-,10-,13-/m1/s1. The first kappa shape index (κ1) is 25.4. The zero-order valence-electron chi connectivity index (χ0n) is 17.0. The Labute approximate surface area is 184 Å². The van der Waals surface area contributed by atoms with E-state index in [1.165, 1.54) is 17.9 Å². The molecule has 3 rings (SSSR count). The van der Waals surface area contributed by atoms with E-state index in [-0.39, 0.29) is 35.9 Å². The molecule has 1 fully saturated rings. The molecule has 8 N–H and O–H groups in total. The van der Waals surface area contributed by atoms with Gasteiger partial charge in [0.25, 0.3) is 5.56 Å². The highest BCUT2D eigenvalue weighted by Gasteiger charge is 2.46. The number of phosphoric ester groups is 1. The molecule has 2 aromatic rings. The minimum absolute atomic E-state index is 0.00965. The zero-order chi connectivity index (χ0) is 24.6. The Bertz CT molecular complexity index is 1180. The molecule has 2 aromatic heterocycles. The van der Waals surface area contributed by atoms with E-state index < -0.39 is 52.2 Å². The van der Waals surface area contributed by atoms with Gasteiger partial charge >= 0.3 is 15.6 Å². The van der Waals surface area contributed by atoms with Gasteiger partial charge in [-0.25, -0.2) is 14.1 Å². The second-order valence-corrected chi connectivity index (χ2v) is 9.87. The Morgan fingerprint density at radius 3 is 2.73 bits per heavy atom. The lowest BCUT2D eigenvalue weighted by Crippen LogP contribution is -2.30. The van der Waals surface area contributed by atoms with Gasteiger partial charge in [0.1, 0.15) is 6.10 Å². The van der Waals surface area contributed by atoms with Crippen LogP contribution in [0.15, 0.2) is 11.1 Å². The largest absolute Gasteiger partial charge is 0.481 e. The number of aliphatic hydroxyl groups is 1. The van der Waals surface area contributed by atoms with Crippen LogP contribution in [0.5, 0.6) is 0 Å². The molecule has 0 aliphatic carbocycles. The summed E-state index contributed by atoms with van der Waals surface area (Å²) in [5.74, 6) is -1.41. The maximum absolute atomic E-state index is 12.0. The highest BCUT2D eigenvalue weighted by atomic mass is 31.3. The van der Waals surface area contributed by atoms with E-state index >= 15 is 0 Å². The second kappa shape index (κ2) is 9.58. The average molecular weight is 512 g/mol. The number of carbonyl (C=O) groups is 1. The molecule has 184 valence electrons. The summed E-state index contributed by atoms with van der Waals surface area (Å²) in [6, 6.07) is 0. The predicted octanol–water partition coefficient (Wildman–Crippen LogP) is -1.67. The fourth-order valence-corrected chi connectivity index (χ4v) is 5.02. The SMILES string of the molecule is CNC(=O)CC[C@H]1[C@@H](O)[C@H](n2cnc3c(=O)[nH]c(N)nc32)O[C@@H]1COP(=O)(O)OP(=O)(O)O. The minimum Gasteiger partial charge on any atom is -0.388 e. The van der Waals surface area contributed by atoms with Gasteiger partial charge in [-0.3, -0.25) is 23.7 Å². The molecule has 1 aliphatic rings. The summed E-state index contributed by atoms with van der Waals surface area (Å²) in [5, 5.41) is 13.3. The summed E-state index contributed by atoms with van der Waals surface area (Å²) < 4.78 is 38.0. The molecule has 1 saturated heterocycles. The van der Waals surface area contributed by atoms with Gasteiger partial charge < -0.3 is 35.6 Å². The highest BCUT2D eigenvalue weighted by Crippen LogP contribution is 2.58. The summed E-state index contributed by atoms with van der Waals surface area (Å²) in [7, 11) is -9.11. The van der Waals surface area contributed by atoms with Crippen molar-refractivity contribution in [3.05, 3.63) is 16.7 Å². The Hall–Kier alpha value is -2.20. The lowest BCUT2D eigenvalue weighted by molar-refractivity contribution is -0.121. The van der Waals surface area contributed by atoms with Gasteiger partial charge in [0.05, 0.1) is 19.0 Å². The van der Waals surface area contributed by atoms with E-state index in [0.29, 0.717) is 0 Å². The van der Waals surface area contributed by atoms with Crippen molar-refractivity contribution in [1.29, 1.82) is 0 Å². The minimum atomic E-state index is -5.34. The van der Waals surface area contributed by atoms with Crippen LogP contribution in [0.3, 0.4) is 0 Å². The van der Waals surface area contributed by atoms with Crippen molar-refractivity contribution in [2.75, 3.05) is 19.4 Å². The summed E-state index contributed by atoms with van der Waals surface area (Å²) in [5.41, 5.74) is 4.85. The molecule has 1 unspecified atom stereocenters. The number of aromatic nitrogens is 4. The Kier molecular flexibility index (Phi) is 7.38. The van der Waals surface area contributed by atoms with E-state index in [9.17, 15) is 28.7 Å².